The largest absolute Gasteiger partial charge is 0.497 e. The lowest BCUT2D eigenvalue weighted by molar-refractivity contribution is -0.120. The minimum Gasteiger partial charge on any atom is -0.497 e. The normalized spacial score (nSPS) is 16.3. The van der Waals surface area contributed by atoms with Crippen LogP contribution < -0.4 is 10.1 Å². The third-order valence-electron chi connectivity index (χ3n) is 5.28. The fourth-order valence-corrected chi connectivity index (χ4v) is 3.74. The maximum absolute atomic E-state index is 12.4. The van der Waals surface area contributed by atoms with E-state index in [4.69, 9.17) is 4.74 Å². The van der Waals surface area contributed by atoms with Gasteiger partial charge in [-0.25, -0.2) is 0 Å². The number of carbonyl (C=O) groups is 1. The molecule has 1 fully saturated rings. The Morgan fingerprint density at radius 2 is 1.67 bits per heavy atom. The fraction of sp³-hybridized carbons (Fsp3) is 0.435. The Hall–Kier alpha value is -2.33. The number of amides is 1. The number of hydrogen-bond acceptors (Lipinski definition) is 3. The molecule has 1 amide bonds. The predicted octanol–water partition coefficient (Wildman–Crippen LogP) is 3.97. The van der Waals surface area contributed by atoms with Crippen LogP contribution in [0.15, 0.2) is 54.6 Å². The highest BCUT2D eigenvalue weighted by Crippen LogP contribution is 2.25. The van der Waals surface area contributed by atoms with Crippen molar-refractivity contribution >= 4 is 5.91 Å². The Labute approximate surface area is 162 Å². The van der Waals surface area contributed by atoms with Crippen LogP contribution in [0, 0.1) is 0 Å². The smallest absolute Gasteiger partial charge is 0.224 e. The Bertz CT molecular complexity index is 692. The maximum Gasteiger partial charge on any atom is 0.224 e. The molecule has 1 saturated heterocycles. The third kappa shape index (κ3) is 5.83. The minimum absolute atomic E-state index is 0.0783. The van der Waals surface area contributed by atoms with Crippen LogP contribution in [0.3, 0.4) is 0 Å². The molecule has 0 radical (unpaired) electrons. The van der Waals surface area contributed by atoms with Gasteiger partial charge in [0.1, 0.15) is 5.75 Å². The molecular weight excluding hydrogens is 336 g/mol. The van der Waals surface area contributed by atoms with Gasteiger partial charge in [0.25, 0.3) is 0 Å². The Morgan fingerprint density at radius 3 is 2.30 bits per heavy atom. The van der Waals surface area contributed by atoms with Crippen molar-refractivity contribution in [2.45, 2.75) is 38.1 Å². The highest BCUT2D eigenvalue weighted by atomic mass is 16.5. The van der Waals surface area contributed by atoms with Crippen molar-refractivity contribution in [1.82, 2.24) is 10.2 Å². The highest BCUT2D eigenvalue weighted by Gasteiger charge is 2.22. The second-order valence-electron chi connectivity index (χ2n) is 7.21. The van der Waals surface area contributed by atoms with Gasteiger partial charge in [0.2, 0.25) is 5.91 Å². The summed E-state index contributed by atoms with van der Waals surface area (Å²) in [5.41, 5.74) is 2.28. The second kappa shape index (κ2) is 10.1. The van der Waals surface area contributed by atoms with E-state index in [9.17, 15) is 4.79 Å². The van der Waals surface area contributed by atoms with Crippen LogP contribution in [-0.2, 0) is 11.2 Å². The molecule has 1 aliphatic rings. The molecule has 1 N–H and O–H groups in total. The molecule has 0 aromatic heterocycles. The summed E-state index contributed by atoms with van der Waals surface area (Å²) < 4.78 is 5.30. The van der Waals surface area contributed by atoms with Gasteiger partial charge in [-0.1, -0.05) is 55.3 Å². The predicted molar refractivity (Wildman–Crippen MR) is 109 cm³/mol. The second-order valence-corrected chi connectivity index (χ2v) is 7.21. The molecule has 0 aliphatic carbocycles. The van der Waals surface area contributed by atoms with Crippen molar-refractivity contribution in [2.24, 2.45) is 0 Å². The van der Waals surface area contributed by atoms with E-state index in [0.717, 1.165) is 24.4 Å². The number of methoxy groups -OCH3 is 1. The molecule has 2 aromatic carbocycles. The maximum atomic E-state index is 12.4. The Balaban J connectivity index is 1.67. The number of nitrogens with zero attached hydrogens (tertiary/aromatic N) is 1. The van der Waals surface area contributed by atoms with Gasteiger partial charge in [-0.3, -0.25) is 9.69 Å². The zero-order chi connectivity index (χ0) is 18.9. The molecule has 0 unspecified atom stereocenters. The van der Waals surface area contributed by atoms with Crippen LogP contribution in [0.5, 0.6) is 5.75 Å². The molecule has 4 nitrogen and oxygen atoms in total. The number of likely N-dealkylation sites (tertiary alicyclic amines) is 1. The molecule has 1 aliphatic heterocycles. The van der Waals surface area contributed by atoms with Crippen LogP contribution in [0.4, 0.5) is 0 Å². The standard InChI is InChI=1S/C23H30N2O2/c1-27-21-13-11-20(12-14-21)22(25-15-7-2-3-8-16-25)18-24-23(26)17-19-9-5-4-6-10-19/h4-6,9-14,22H,2-3,7-8,15-18H2,1H3,(H,24,26)/t22-/m1/s1. The zero-order valence-electron chi connectivity index (χ0n) is 16.2. The Morgan fingerprint density at radius 1 is 1.00 bits per heavy atom. The van der Waals surface area contributed by atoms with E-state index in [2.05, 4.69) is 22.3 Å². The van der Waals surface area contributed by atoms with Crippen molar-refractivity contribution < 1.29 is 9.53 Å². The average molecular weight is 367 g/mol. The van der Waals surface area contributed by atoms with Crippen LogP contribution in [0.25, 0.3) is 0 Å². The summed E-state index contributed by atoms with van der Waals surface area (Å²) in [6, 6.07) is 18.4. The molecule has 0 bridgehead atoms. The van der Waals surface area contributed by atoms with Crippen LogP contribution >= 0.6 is 0 Å². The Kier molecular flexibility index (Phi) is 7.28. The summed E-state index contributed by atoms with van der Waals surface area (Å²) in [6.07, 6.45) is 5.48. The number of nitrogens with one attached hydrogen (secondary N) is 1. The molecule has 2 aromatic rings. The first-order valence-electron chi connectivity index (χ1n) is 9.95. The molecule has 144 valence electrons. The number of rotatable bonds is 7. The average Bonchev–Trinajstić information content (AvgIpc) is 2.99. The van der Waals surface area contributed by atoms with E-state index in [0.29, 0.717) is 13.0 Å². The van der Waals surface area contributed by atoms with Gasteiger partial charge in [-0.15, -0.1) is 0 Å². The van der Waals surface area contributed by atoms with Crippen molar-refractivity contribution in [2.75, 3.05) is 26.7 Å². The van der Waals surface area contributed by atoms with E-state index >= 15 is 0 Å². The summed E-state index contributed by atoms with van der Waals surface area (Å²) in [6.45, 7) is 2.81. The van der Waals surface area contributed by atoms with E-state index in [1.807, 2.05) is 42.5 Å². The van der Waals surface area contributed by atoms with Crippen LogP contribution in [-0.4, -0.2) is 37.6 Å². The van der Waals surface area contributed by atoms with Crippen molar-refractivity contribution in [3.8, 4) is 5.75 Å². The van der Waals surface area contributed by atoms with Gasteiger partial charge in [0.05, 0.1) is 19.6 Å². The zero-order valence-corrected chi connectivity index (χ0v) is 16.2. The van der Waals surface area contributed by atoms with E-state index in [-0.39, 0.29) is 11.9 Å². The van der Waals surface area contributed by atoms with E-state index in [1.165, 1.54) is 31.2 Å². The van der Waals surface area contributed by atoms with Gasteiger partial charge in [0, 0.05) is 6.54 Å². The summed E-state index contributed by atoms with van der Waals surface area (Å²) in [4.78, 5) is 15.0. The lowest BCUT2D eigenvalue weighted by Gasteiger charge is -2.31. The lowest BCUT2D eigenvalue weighted by Crippen LogP contribution is -2.39. The summed E-state index contributed by atoms with van der Waals surface area (Å²) >= 11 is 0. The monoisotopic (exact) mass is 366 g/mol. The van der Waals surface area contributed by atoms with Crippen molar-refractivity contribution in [3.63, 3.8) is 0 Å². The summed E-state index contributed by atoms with van der Waals surface area (Å²) in [5.74, 6) is 0.941. The molecule has 0 saturated carbocycles. The third-order valence-corrected chi connectivity index (χ3v) is 5.28. The molecule has 0 spiro atoms. The van der Waals surface area contributed by atoms with Gasteiger partial charge in [0.15, 0.2) is 0 Å². The lowest BCUT2D eigenvalue weighted by atomic mass is 10.0. The van der Waals surface area contributed by atoms with E-state index < -0.39 is 0 Å². The minimum atomic E-state index is 0.0783. The molecular formula is C23H30N2O2. The van der Waals surface area contributed by atoms with Gasteiger partial charge in [-0.2, -0.15) is 0 Å². The van der Waals surface area contributed by atoms with E-state index in [1.54, 1.807) is 7.11 Å². The van der Waals surface area contributed by atoms with Crippen LogP contribution in [0.1, 0.15) is 42.9 Å². The van der Waals surface area contributed by atoms with Crippen molar-refractivity contribution in [1.29, 1.82) is 0 Å². The number of carbonyl (C=O) groups excluding carboxylic acids is 1. The first-order chi connectivity index (χ1) is 13.3. The number of hydrogen-bond donors (Lipinski definition) is 1. The van der Waals surface area contributed by atoms with Crippen molar-refractivity contribution in [3.05, 3.63) is 65.7 Å². The molecule has 1 atom stereocenters. The van der Waals surface area contributed by atoms with Crippen LogP contribution in [0.2, 0.25) is 0 Å². The van der Waals surface area contributed by atoms with Gasteiger partial charge < -0.3 is 10.1 Å². The summed E-state index contributed by atoms with van der Waals surface area (Å²) in [5, 5.41) is 3.16. The number of ether oxygens (including phenoxy) is 1. The number of benzene rings is 2. The summed E-state index contributed by atoms with van der Waals surface area (Å²) in [7, 11) is 1.69. The van der Waals surface area contributed by atoms with Gasteiger partial charge >= 0.3 is 0 Å². The molecule has 27 heavy (non-hydrogen) atoms. The topological polar surface area (TPSA) is 41.6 Å². The van der Waals surface area contributed by atoms with Gasteiger partial charge in [-0.05, 0) is 49.2 Å². The molecule has 1 heterocycles. The molecule has 3 rings (SSSR count). The SMILES string of the molecule is COc1ccc([C@@H](CNC(=O)Cc2ccccc2)N2CCCCCC2)cc1. The fourth-order valence-electron chi connectivity index (χ4n) is 3.74. The quantitative estimate of drug-likeness (QED) is 0.806. The first kappa shape index (κ1) is 19.4. The highest BCUT2D eigenvalue weighted by molar-refractivity contribution is 5.78. The first-order valence-corrected chi connectivity index (χ1v) is 9.95. The molecule has 4 heteroatoms.